The van der Waals surface area contributed by atoms with Crippen molar-refractivity contribution in [1.82, 2.24) is 15.0 Å². The maximum atomic E-state index is 5.21. The molecule has 5 heteroatoms. The second-order valence-corrected chi connectivity index (χ2v) is 16.5. The number of fused-ring (bicyclic) bond motifs is 7. The van der Waals surface area contributed by atoms with E-state index in [0.29, 0.717) is 17.5 Å². The van der Waals surface area contributed by atoms with Gasteiger partial charge < -0.3 is 4.81 Å². The van der Waals surface area contributed by atoms with Gasteiger partial charge in [0, 0.05) is 27.9 Å². The summed E-state index contributed by atoms with van der Waals surface area (Å²) < 4.78 is 0. The molecule has 4 nitrogen and oxygen atoms in total. The lowest BCUT2D eigenvalue weighted by molar-refractivity contribution is 1.07. The van der Waals surface area contributed by atoms with E-state index in [4.69, 9.17) is 15.0 Å². The van der Waals surface area contributed by atoms with Crippen molar-refractivity contribution < 1.29 is 0 Å². The maximum absolute atomic E-state index is 5.21. The molecule has 1 aromatic heterocycles. The number of rotatable bonds is 7. The van der Waals surface area contributed by atoms with Gasteiger partial charge in [0.2, 0.25) is 0 Å². The molecule has 0 unspecified atom stereocenters. The van der Waals surface area contributed by atoms with Crippen LogP contribution in [0.25, 0.3) is 102 Å². The molecule has 0 N–H and O–H groups in total. The zero-order chi connectivity index (χ0) is 42.4. The van der Waals surface area contributed by atoms with E-state index in [-0.39, 0.29) is 6.85 Å². The zero-order valence-electron chi connectivity index (χ0n) is 34.9. The molecule has 0 atom stereocenters. The Morgan fingerprint density at radius 2 is 0.719 bits per heavy atom. The largest absolute Gasteiger partial charge is 0.382 e. The van der Waals surface area contributed by atoms with Gasteiger partial charge in [-0.15, -0.1) is 0 Å². The summed E-state index contributed by atoms with van der Waals surface area (Å²) >= 11 is 0. The molecule has 10 aromatic rings. The highest BCUT2D eigenvalue weighted by atomic mass is 15.1. The maximum Gasteiger partial charge on any atom is 0.321 e. The molecule has 2 aliphatic heterocycles. The van der Waals surface area contributed by atoms with Crippen molar-refractivity contribution in [2.24, 2.45) is 0 Å². The summed E-state index contributed by atoms with van der Waals surface area (Å²) in [6.45, 7) is -0.0342. The molecule has 0 saturated carbocycles. The fourth-order valence-corrected chi connectivity index (χ4v) is 9.27. The Hall–Kier alpha value is -8.41. The van der Waals surface area contributed by atoms with Gasteiger partial charge in [0.1, 0.15) is 0 Å². The van der Waals surface area contributed by atoms with Crippen LogP contribution in [0.1, 0.15) is 0 Å². The van der Waals surface area contributed by atoms with E-state index in [2.05, 4.69) is 217 Å². The molecule has 0 aliphatic carbocycles. The van der Waals surface area contributed by atoms with Gasteiger partial charge in [0.15, 0.2) is 17.5 Å². The SMILES string of the molecule is C1=c2ccccc2=CN2B1c1cc(-c3cc(-c4ccccc4)cc(-c4ccccc4)c3)ccc1-c1ccc(-c3nc(-c4ccccc4)nc(-c4cccc(-c5ccccc5)c4)n3)cc12. The van der Waals surface area contributed by atoms with Crippen LogP contribution in [0.4, 0.5) is 5.69 Å². The van der Waals surface area contributed by atoms with E-state index in [1.165, 1.54) is 60.4 Å². The van der Waals surface area contributed by atoms with Crippen LogP contribution in [0.15, 0.2) is 224 Å². The lowest BCUT2D eigenvalue weighted by Gasteiger charge is -2.37. The van der Waals surface area contributed by atoms with Crippen molar-refractivity contribution in [1.29, 1.82) is 0 Å². The highest BCUT2D eigenvalue weighted by Gasteiger charge is 2.34. The van der Waals surface area contributed by atoms with E-state index >= 15 is 0 Å². The third-order valence-electron chi connectivity index (χ3n) is 12.5. The first-order valence-corrected chi connectivity index (χ1v) is 21.8. The van der Waals surface area contributed by atoms with Crippen LogP contribution in [0, 0.1) is 0 Å². The van der Waals surface area contributed by atoms with Crippen LogP contribution in [0.5, 0.6) is 0 Å². The van der Waals surface area contributed by atoms with Gasteiger partial charge >= 0.3 is 6.85 Å². The van der Waals surface area contributed by atoms with Gasteiger partial charge in [0.05, 0.1) is 0 Å². The number of nitrogens with zero attached hydrogens (tertiary/aromatic N) is 4. The average Bonchev–Trinajstić information content (AvgIpc) is 3.38. The fourth-order valence-electron chi connectivity index (χ4n) is 9.27. The summed E-state index contributed by atoms with van der Waals surface area (Å²) in [4.78, 5) is 17.9. The lowest BCUT2D eigenvalue weighted by atomic mass is 9.49. The van der Waals surface area contributed by atoms with Crippen LogP contribution < -0.4 is 20.7 Å². The number of anilines is 1. The lowest BCUT2D eigenvalue weighted by Crippen LogP contribution is -2.53. The molecule has 0 spiro atoms. The van der Waals surface area contributed by atoms with Crippen LogP contribution in [-0.2, 0) is 0 Å². The first-order valence-electron chi connectivity index (χ1n) is 21.8. The van der Waals surface area contributed by atoms with Crippen molar-refractivity contribution >= 4 is 30.2 Å². The first kappa shape index (κ1) is 37.4. The average molecular weight is 815 g/mol. The topological polar surface area (TPSA) is 41.9 Å². The third-order valence-corrected chi connectivity index (χ3v) is 12.5. The van der Waals surface area contributed by atoms with Crippen molar-refractivity contribution in [3.63, 3.8) is 0 Å². The van der Waals surface area contributed by atoms with Crippen molar-refractivity contribution in [3.05, 3.63) is 235 Å². The molecule has 0 fully saturated rings. The monoisotopic (exact) mass is 814 g/mol. The first-order chi connectivity index (χ1) is 31.7. The van der Waals surface area contributed by atoms with Gasteiger partial charge in [-0.1, -0.05) is 200 Å². The van der Waals surface area contributed by atoms with Gasteiger partial charge in [-0.2, -0.15) is 0 Å². The quantitative estimate of drug-likeness (QED) is 0.150. The molecule has 0 saturated heterocycles. The summed E-state index contributed by atoms with van der Waals surface area (Å²) in [5.41, 5.74) is 17.0. The van der Waals surface area contributed by atoms with E-state index in [0.717, 1.165) is 33.5 Å². The minimum absolute atomic E-state index is 0.0342. The molecule has 9 aromatic carbocycles. The summed E-state index contributed by atoms with van der Waals surface area (Å²) in [6, 6.07) is 79.8. The highest BCUT2D eigenvalue weighted by Crippen LogP contribution is 2.41. The Kier molecular flexibility index (Phi) is 9.23. The molecule has 64 heavy (non-hydrogen) atoms. The number of hydrogen-bond donors (Lipinski definition) is 0. The predicted molar refractivity (Wildman–Crippen MR) is 266 cm³/mol. The van der Waals surface area contributed by atoms with Crippen LogP contribution in [0.3, 0.4) is 0 Å². The third kappa shape index (κ3) is 6.90. The Bertz CT molecular complexity index is 3440. The zero-order valence-corrected chi connectivity index (χ0v) is 34.9. The molecule has 298 valence electrons. The minimum atomic E-state index is -0.0342. The Morgan fingerprint density at radius 1 is 0.297 bits per heavy atom. The van der Waals surface area contributed by atoms with Gasteiger partial charge in [0.25, 0.3) is 0 Å². The Labute approximate surface area is 373 Å². The highest BCUT2D eigenvalue weighted by molar-refractivity contribution is 6.91. The Morgan fingerprint density at radius 3 is 1.34 bits per heavy atom. The Balaban J connectivity index is 1.01. The predicted octanol–water partition coefficient (Wildman–Crippen LogP) is 12.0. The fraction of sp³-hybridized carbons (Fsp3) is 0. The minimum Gasteiger partial charge on any atom is -0.382 e. The molecule has 0 bridgehead atoms. The molecule has 2 aliphatic rings. The molecule has 12 rings (SSSR count). The second-order valence-electron chi connectivity index (χ2n) is 16.5. The number of benzene rings is 9. The number of hydrogen-bond acceptors (Lipinski definition) is 4. The summed E-state index contributed by atoms with van der Waals surface area (Å²) in [6.07, 6.45) is 2.31. The van der Waals surface area contributed by atoms with Crippen molar-refractivity contribution in [3.8, 4) is 89.8 Å². The standard InChI is InChI=1S/C59H39BN4/c1-5-16-40(17-6-1)44-26-15-27-46(32-44)58-61-57(43-22-11-4-12-23-43)62-59(63-58)47-29-31-54-53-30-28-45(36-55(53)60-38-48-24-13-14-25-49(48)39-64(60)56(54)37-47)52-34-50(41-18-7-2-8-19-41)33-51(35-52)42-20-9-3-10-21-42/h1-39H. The van der Waals surface area contributed by atoms with Crippen molar-refractivity contribution in [2.75, 3.05) is 4.81 Å². The normalized spacial score (nSPS) is 12.2. The molecule has 3 heterocycles. The van der Waals surface area contributed by atoms with E-state index in [1.54, 1.807) is 0 Å². The summed E-state index contributed by atoms with van der Waals surface area (Å²) in [5.74, 6) is 4.31. The van der Waals surface area contributed by atoms with Gasteiger partial charge in [-0.05, 0) is 103 Å². The number of aromatic nitrogens is 3. The van der Waals surface area contributed by atoms with Gasteiger partial charge in [-0.3, -0.25) is 0 Å². The molecule has 0 amide bonds. The van der Waals surface area contributed by atoms with E-state index in [1.807, 2.05) is 24.3 Å². The molecular formula is C59H39BN4. The smallest absolute Gasteiger partial charge is 0.321 e. The van der Waals surface area contributed by atoms with Gasteiger partial charge in [-0.25, -0.2) is 15.0 Å². The van der Waals surface area contributed by atoms with Crippen molar-refractivity contribution in [2.45, 2.75) is 0 Å². The van der Waals surface area contributed by atoms with E-state index in [9.17, 15) is 0 Å². The summed E-state index contributed by atoms with van der Waals surface area (Å²) in [7, 11) is 0. The second kappa shape index (κ2) is 15.8. The molecular weight excluding hydrogens is 775 g/mol. The van der Waals surface area contributed by atoms with E-state index < -0.39 is 0 Å². The van der Waals surface area contributed by atoms with Crippen LogP contribution >= 0.6 is 0 Å². The molecule has 0 radical (unpaired) electrons. The van der Waals surface area contributed by atoms with Crippen LogP contribution in [0.2, 0.25) is 0 Å². The summed E-state index contributed by atoms with van der Waals surface area (Å²) in [5, 5.41) is 2.41. The van der Waals surface area contributed by atoms with Crippen LogP contribution in [-0.4, -0.2) is 21.8 Å².